The van der Waals surface area contributed by atoms with Crippen molar-refractivity contribution in [2.24, 2.45) is 0 Å². The summed E-state index contributed by atoms with van der Waals surface area (Å²) < 4.78 is 26.8. The fourth-order valence-corrected chi connectivity index (χ4v) is 14.5. The number of benzene rings is 5. The minimum Gasteiger partial charge on any atom is -0.480 e. The second-order valence-electron chi connectivity index (χ2n) is 26.7. The molecule has 5 N–H and O–H groups in total. The number of hydrogen-bond donors (Lipinski definition) is 5. The van der Waals surface area contributed by atoms with E-state index in [1.54, 1.807) is 9.80 Å². The molecule has 2 atom stereocenters. The van der Waals surface area contributed by atoms with Crippen molar-refractivity contribution in [1.29, 1.82) is 0 Å². The van der Waals surface area contributed by atoms with Gasteiger partial charge in [-0.15, -0.1) is 0 Å². The van der Waals surface area contributed by atoms with Crippen molar-refractivity contribution in [2.75, 3.05) is 129 Å². The zero-order valence-corrected chi connectivity index (χ0v) is 56.6. The molecule has 4 aliphatic heterocycles. The Kier molecular flexibility index (Phi) is 24.3. The first-order valence-electron chi connectivity index (χ1n) is 34.4. The highest BCUT2D eigenvalue weighted by molar-refractivity contribution is 6.08. The Hall–Kier alpha value is -7.59. The molecule has 95 heavy (non-hydrogen) atoms. The largest absolute Gasteiger partial charge is 0.480 e. The Morgan fingerprint density at radius 2 is 1.38 bits per heavy atom. The number of ether oxygens (including phenoxy) is 4. The number of rotatable bonds is 28. The summed E-state index contributed by atoms with van der Waals surface area (Å²) in [6, 6.07) is 34.8. The molecular formula is C76H99N8O11+. The molecule has 0 radical (unpaired) electrons. The van der Waals surface area contributed by atoms with Gasteiger partial charge in [-0.2, -0.15) is 4.58 Å². The molecule has 0 aromatic heterocycles. The normalized spacial score (nSPS) is 20.3. The van der Waals surface area contributed by atoms with Crippen LogP contribution >= 0.6 is 0 Å². The predicted molar refractivity (Wildman–Crippen MR) is 373 cm³/mol. The second kappa shape index (κ2) is 32.9. The van der Waals surface area contributed by atoms with Gasteiger partial charge in [0.15, 0.2) is 11.9 Å². The van der Waals surface area contributed by atoms with Crippen molar-refractivity contribution in [3.8, 4) is 5.75 Å². The highest BCUT2D eigenvalue weighted by atomic mass is 16.6. The Balaban J connectivity index is 0.717. The van der Waals surface area contributed by atoms with Gasteiger partial charge in [0.2, 0.25) is 11.6 Å². The van der Waals surface area contributed by atoms with Gasteiger partial charge in [0, 0.05) is 113 Å². The number of amides is 1. The summed E-state index contributed by atoms with van der Waals surface area (Å²) in [5.74, 6) is -0.729. The van der Waals surface area contributed by atoms with Gasteiger partial charge >= 0.3 is 17.9 Å². The lowest BCUT2D eigenvalue weighted by Crippen LogP contribution is -2.48. The molecule has 19 nitrogen and oxygen atoms in total. The number of carbonyl (C=O) groups excluding carboxylic acids is 2. The number of aliphatic hydroxyl groups excluding tert-OH is 1. The third-order valence-corrected chi connectivity index (χ3v) is 19.1. The molecule has 1 amide bonds. The van der Waals surface area contributed by atoms with Crippen LogP contribution in [0.5, 0.6) is 5.75 Å². The topological polar surface area (TPSA) is 209 Å². The first kappa shape index (κ1) is 70.2. The molecule has 508 valence electrons. The number of β-amino-alcohol motifs (C(OH)–C–C–N with tert-alkyl or cyclic N) is 1. The number of aliphatic hydroxyl groups is 1. The predicted octanol–water partition coefficient (Wildman–Crippen LogP) is 9.52. The van der Waals surface area contributed by atoms with E-state index in [-0.39, 0.29) is 48.9 Å². The van der Waals surface area contributed by atoms with Crippen LogP contribution in [-0.4, -0.2) is 206 Å². The zero-order chi connectivity index (χ0) is 67.1. The number of allylic oxidation sites excluding steroid dienone is 7. The summed E-state index contributed by atoms with van der Waals surface area (Å²) in [6.45, 7) is 20.5. The van der Waals surface area contributed by atoms with E-state index in [1.807, 2.05) is 21.9 Å². The Bertz CT molecular complexity index is 3690. The average molecular weight is 1300 g/mol. The van der Waals surface area contributed by atoms with Gasteiger partial charge in [0.1, 0.15) is 24.3 Å². The summed E-state index contributed by atoms with van der Waals surface area (Å²) in [6.07, 6.45) is 14.2. The second-order valence-corrected chi connectivity index (χ2v) is 26.7. The van der Waals surface area contributed by atoms with E-state index in [0.717, 1.165) is 62.3 Å². The lowest BCUT2D eigenvalue weighted by Gasteiger charge is -2.31. The number of hydrogen-bond acceptors (Lipinski definition) is 15. The van der Waals surface area contributed by atoms with Crippen molar-refractivity contribution in [2.45, 2.75) is 116 Å². The number of esters is 1. The molecule has 2 saturated heterocycles. The maximum atomic E-state index is 13.1. The third-order valence-electron chi connectivity index (χ3n) is 19.1. The van der Waals surface area contributed by atoms with Gasteiger partial charge < -0.3 is 44.5 Å². The van der Waals surface area contributed by atoms with Crippen molar-refractivity contribution in [3.05, 3.63) is 161 Å². The monoisotopic (exact) mass is 1300 g/mol. The van der Waals surface area contributed by atoms with E-state index >= 15 is 0 Å². The van der Waals surface area contributed by atoms with Gasteiger partial charge in [0.05, 0.1) is 51.5 Å². The standard InChI is InChI=1S/C76H98N8O11/c1-7-37-83-62-30-24-55-15-9-11-19-60(55)72(62)75(3,4)64(83)32-26-57-17-13-18-58(27-33-65-76(5,6)73-61-20-12-10-16-56(61)25-31-63(73)84(65)38-8-2)74(57)94-59-28-21-54(22-29-59)23-34-66(85)77-35-45-92-47-48-93-46-36-78-67(86)49-81-40-14-39-79(51-69(87)88)41-42-80(52-70(89)90)43-44-82-53-71(91)95-68(82)50-81/h9-12,15-16,19-22,24-33,67-68,78,86H,7-8,13-14,17-18,23,34-53H2,1-6H3,(H2-,77,85,87,88,89,90)/p+1. The van der Waals surface area contributed by atoms with Crippen LogP contribution in [0, 0.1) is 0 Å². The summed E-state index contributed by atoms with van der Waals surface area (Å²) in [5.41, 5.74) is 10.8. The maximum absolute atomic E-state index is 13.1. The smallest absolute Gasteiger partial charge is 0.321 e. The van der Waals surface area contributed by atoms with Crippen molar-refractivity contribution in [3.63, 3.8) is 0 Å². The summed E-state index contributed by atoms with van der Waals surface area (Å²) in [4.78, 5) is 58.7. The van der Waals surface area contributed by atoms with Crippen molar-refractivity contribution >= 4 is 62.4 Å². The quantitative estimate of drug-likeness (QED) is 0.0137. The molecule has 1 aliphatic carbocycles. The molecule has 0 saturated carbocycles. The number of nitrogens with one attached hydrogen (secondary N) is 2. The zero-order valence-electron chi connectivity index (χ0n) is 56.6. The number of carbonyl (C=O) groups is 4. The Morgan fingerprint density at radius 3 is 2.08 bits per heavy atom. The molecule has 5 aromatic rings. The molecule has 5 aliphatic rings. The molecular weight excluding hydrogens is 1200 g/mol. The summed E-state index contributed by atoms with van der Waals surface area (Å²) in [5, 5.41) is 41.2. The van der Waals surface area contributed by atoms with Crippen LogP contribution in [0.4, 0.5) is 11.4 Å². The number of anilines is 1. The SMILES string of the molecule is CCCN1/C(=C/C=C2\CCCC(/C=C/C3=[N+](CCC)c4ccc5ccccc5c4C3(C)C)=C2Oc2ccc(CCC(=O)NCCOCCOCCNC(O)CN3CCCN(CC(=O)O)CCN(CC(=O)O)CCN4CC(=O)OC4C3)cc2)C(C)(C)c2c1ccc1ccccc21. The van der Waals surface area contributed by atoms with Gasteiger partial charge in [-0.3, -0.25) is 44.1 Å². The minimum absolute atomic E-state index is 0.0620. The van der Waals surface area contributed by atoms with Gasteiger partial charge in [-0.25, -0.2) is 0 Å². The Morgan fingerprint density at radius 1 is 0.716 bits per heavy atom. The Labute approximate surface area is 560 Å². The lowest BCUT2D eigenvalue weighted by molar-refractivity contribution is -0.437. The van der Waals surface area contributed by atoms with E-state index in [4.69, 9.17) is 18.9 Å². The molecule has 0 spiro atoms. The van der Waals surface area contributed by atoms with Crippen LogP contribution in [0.2, 0.25) is 0 Å². The number of aliphatic carboxylic acids is 2. The number of carboxylic acids is 2. The third kappa shape index (κ3) is 17.7. The molecule has 10 rings (SSSR count). The van der Waals surface area contributed by atoms with Gasteiger partial charge in [-0.05, 0) is 139 Å². The maximum Gasteiger partial charge on any atom is 0.321 e. The molecule has 2 fully saturated rings. The number of nitrogens with zero attached hydrogens (tertiary/aromatic N) is 6. The first-order chi connectivity index (χ1) is 45.9. The molecule has 5 aromatic carbocycles. The van der Waals surface area contributed by atoms with Gasteiger partial charge in [-0.1, -0.05) is 101 Å². The number of carboxylic acid groups (broad SMARTS) is 2. The fraction of sp³-hybridized carbons (Fsp3) is 0.487. The molecule has 0 bridgehead atoms. The van der Waals surface area contributed by atoms with Crippen LogP contribution < -0.4 is 20.3 Å². The fourth-order valence-electron chi connectivity index (χ4n) is 14.5. The van der Waals surface area contributed by atoms with Crippen molar-refractivity contribution < 1.29 is 58.0 Å². The highest BCUT2D eigenvalue weighted by Crippen LogP contribution is 2.51. The van der Waals surface area contributed by atoms with Gasteiger partial charge in [0.25, 0.3) is 0 Å². The summed E-state index contributed by atoms with van der Waals surface area (Å²) in [7, 11) is 0. The van der Waals surface area contributed by atoms with Crippen LogP contribution in [0.1, 0.15) is 103 Å². The number of aryl methyl sites for hydroxylation is 1. The van der Waals surface area contributed by atoms with Crippen LogP contribution in [0.3, 0.4) is 0 Å². The minimum atomic E-state index is -0.985. The molecule has 19 heteroatoms. The van der Waals surface area contributed by atoms with E-state index in [0.29, 0.717) is 105 Å². The van der Waals surface area contributed by atoms with E-state index < -0.39 is 24.4 Å². The first-order valence-corrected chi connectivity index (χ1v) is 34.4. The van der Waals surface area contributed by atoms with Crippen LogP contribution in [0.15, 0.2) is 144 Å². The van der Waals surface area contributed by atoms with E-state index in [2.05, 4.69) is 171 Å². The lowest BCUT2D eigenvalue weighted by atomic mass is 9.78. The summed E-state index contributed by atoms with van der Waals surface area (Å²) >= 11 is 0. The van der Waals surface area contributed by atoms with E-state index in [1.165, 1.54) is 66.6 Å². The average Bonchev–Trinajstić information content (AvgIpc) is 1.59. The molecule has 2 unspecified atom stereocenters. The van der Waals surface area contributed by atoms with Crippen molar-refractivity contribution in [1.82, 2.24) is 30.2 Å². The van der Waals surface area contributed by atoms with Crippen LogP contribution in [0.25, 0.3) is 21.5 Å². The van der Waals surface area contributed by atoms with Crippen LogP contribution in [-0.2, 0) is 50.6 Å². The highest BCUT2D eigenvalue weighted by Gasteiger charge is 2.46. The molecule has 4 heterocycles. The number of fused-ring (bicyclic) bond motifs is 7. The van der Waals surface area contributed by atoms with E-state index in [9.17, 15) is 34.5 Å².